The molecular formula is C20H34FN3O6. The van der Waals surface area contributed by atoms with Crippen molar-refractivity contribution in [3.8, 4) is 0 Å². The minimum absolute atomic E-state index is 0.0207. The maximum Gasteiger partial charge on any atom is 0.420 e. The Balaban J connectivity index is 5.75. The van der Waals surface area contributed by atoms with Crippen LogP contribution in [0.15, 0.2) is 16.9 Å². The van der Waals surface area contributed by atoms with Gasteiger partial charge in [0.05, 0.1) is 19.5 Å². The van der Waals surface area contributed by atoms with E-state index in [1.807, 2.05) is 0 Å². The largest absolute Gasteiger partial charge is 0.467 e. The van der Waals surface area contributed by atoms with Crippen LogP contribution in [0.3, 0.4) is 0 Å². The lowest BCUT2D eigenvalue weighted by Gasteiger charge is -2.32. The zero-order valence-electron chi connectivity index (χ0n) is 19.1. The van der Waals surface area contributed by atoms with E-state index in [-0.39, 0.29) is 25.2 Å². The molecule has 0 heterocycles. The molecule has 0 aliphatic carbocycles. The van der Waals surface area contributed by atoms with Crippen LogP contribution in [0.4, 0.5) is 14.0 Å². The Bertz CT molecular complexity index is 645. The summed E-state index contributed by atoms with van der Waals surface area (Å²) in [5.41, 5.74) is 3.51. The first-order valence-electron chi connectivity index (χ1n) is 9.51. The minimum Gasteiger partial charge on any atom is -0.467 e. The van der Waals surface area contributed by atoms with Crippen molar-refractivity contribution in [3.05, 3.63) is 11.9 Å². The fourth-order valence-corrected chi connectivity index (χ4v) is 2.10. The Labute approximate surface area is 177 Å². The summed E-state index contributed by atoms with van der Waals surface area (Å²) < 4.78 is 29.1. The fraction of sp³-hybridized carbons (Fsp3) is 0.700. The number of carbonyl (C=O) groups excluding carboxylic acids is 3. The number of aliphatic imine (C=N–C) groups is 1. The summed E-state index contributed by atoms with van der Waals surface area (Å²) in [5.74, 6) is -1.20. The van der Waals surface area contributed by atoms with Crippen molar-refractivity contribution in [1.29, 1.82) is 0 Å². The number of halogens is 1. The van der Waals surface area contributed by atoms with Crippen LogP contribution in [0, 0.1) is 0 Å². The lowest BCUT2D eigenvalue weighted by molar-refractivity contribution is -0.146. The van der Waals surface area contributed by atoms with E-state index in [0.717, 1.165) is 7.11 Å². The highest BCUT2D eigenvalue weighted by Gasteiger charge is 2.40. The van der Waals surface area contributed by atoms with Crippen molar-refractivity contribution in [2.45, 2.75) is 78.6 Å². The van der Waals surface area contributed by atoms with Crippen molar-refractivity contribution in [3.63, 3.8) is 0 Å². The van der Waals surface area contributed by atoms with Gasteiger partial charge in [-0.25, -0.2) is 18.8 Å². The number of nitrogens with zero attached hydrogens (tertiary/aromatic N) is 2. The molecule has 30 heavy (non-hydrogen) atoms. The SMILES string of the molecule is COC(=O)[C@@H](CC/C=C(/F)CN=C(C)N)N(C(=O)OC(C)(C)C)C(=O)OC(C)(C)C. The van der Waals surface area contributed by atoms with Crippen LogP contribution in [0.2, 0.25) is 0 Å². The smallest absolute Gasteiger partial charge is 0.420 e. The normalized spacial score (nSPS) is 14.0. The number of rotatable bonds is 7. The van der Waals surface area contributed by atoms with Gasteiger partial charge in [0, 0.05) is 0 Å². The average Bonchev–Trinajstić information content (AvgIpc) is 2.54. The van der Waals surface area contributed by atoms with Crippen molar-refractivity contribution >= 4 is 24.0 Å². The standard InChI is InChI=1S/C20H34FN3O6/c1-13(22)23-12-14(21)10-9-11-15(16(25)28-8)24(17(26)29-19(2,3)4)18(27)30-20(5,6)7/h10,15H,9,11-12H2,1-8H3,(H2,22,23)/b14-10+/t15-/m1/s1. The molecular weight excluding hydrogens is 397 g/mol. The van der Waals surface area contributed by atoms with E-state index in [1.165, 1.54) is 13.0 Å². The van der Waals surface area contributed by atoms with Gasteiger partial charge in [0.1, 0.15) is 23.1 Å². The summed E-state index contributed by atoms with van der Waals surface area (Å²) in [6, 6.07) is -1.37. The summed E-state index contributed by atoms with van der Waals surface area (Å²) in [6.07, 6.45) is -1.03. The number of carbonyl (C=O) groups is 3. The molecule has 0 bridgehead atoms. The Morgan fingerprint density at radius 1 is 1.07 bits per heavy atom. The second-order valence-corrected chi connectivity index (χ2v) is 8.56. The molecule has 9 nitrogen and oxygen atoms in total. The minimum atomic E-state index is -1.37. The van der Waals surface area contributed by atoms with Crippen LogP contribution in [-0.4, -0.2) is 59.8 Å². The lowest BCUT2D eigenvalue weighted by atomic mass is 10.1. The van der Waals surface area contributed by atoms with Gasteiger partial charge < -0.3 is 19.9 Å². The topological polar surface area (TPSA) is 121 Å². The third kappa shape index (κ3) is 11.4. The number of esters is 1. The van der Waals surface area contributed by atoms with Gasteiger partial charge in [-0.15, -0.1) is 0 Å². The van der Waals surface area contributed by atoms with Crippen LogP contribution in [0.5, 0.6) is 0 Å². The van der Waals surface area contributed by atoms with Gasteiger partial charge in [-0.05, 0) is 61.3 Å². The maximum atomic E-state index is 13.8. The Kier molecular flexibility index (Phi) is 10.5. The van der Waals surface area contributed by atoms with Crippen LogP contribution in [0.1, 0.15) is 61.3 Å². The molecule has 0 radical (unpaired) electrons. The third-order valence-electron chi connectivity index (χ3n) is 3.25. The highest BCUT2D eigenvalue weighted by Crippen LogP contribution is 2.20. The zero-order chi connectivity index (χ0) is 23.7. The van der Waals surface area contributed by atoms with Gasteiger partial charge in [-0.1, -0.05) is 6.08 Å². The van der Waals surface area contributed by atoms with E-state index in [4.69, 9.17) is 19.9 Å². The summed E-state index contributed by atoms with van der Waals surface area (Å²) in [4.78, 5) is 42.1. The van der Waals surface area contributed by atoms with Crippen LogP contribution in [0.25, 0.3) is 0 Å². The second kappa shape index (κ2) is 11.5. The molecule has 0 unspecified atom stereocenters. The lowest BCUT2D eigenvalue weighted by Crippen LogP contribution is -2.52. The summed E-state index contributed by atoms with van der Waals surface area (Å²) in [5, 5.41) is 0. The number of imide groups is 1. The molecule has 0 aliphatic heterocycles. The van der Waals surface area contributed by atoms with Crippen LogP contribution >= 0.6 is 0 Å². The molecule has 1 atom stereocenters. The van der Waals surface area contributed by atoms with Gasteiger partial charge in [0.25, 0.3) is 0 Å². The van der Waals surface area contributed by atoms with Crippen molar-refractivity contribution in [1.82, 2.24) is 4.90 Å². The highest BCUT2D eigenvalue weighted by atomic mass is 19.1. The first-order valence-corrected chi connectivity index (χ1v) is 9.51. The zero-order valence-corrected chi connectivity index (χ0v) is 19.1. The maximum absolute atomic E-state index is 13.8. The molecule has 2 amide bonds. The fourth-order valence-electron chi connectivity index (χ4n) is 2.10. The van der Waals surface area contributed by atoms with Gasteiger partial charge >= 0.3 is 18.2 Å². The summed E-state index contributed by atoms with van der Waals surface area (Å²) in [7, 11) is 1.12. The number of methoxy groups -OCH3 is 1. The first-order chi connectivity index (χ1) is 13.6. The number of hydrogen-bond donors (Lipinski definition) is 1. The highest BCUT2D eigenvalue weighted by molar-refractivity contribution is 5.94. The number of hydrogen-bond acceptors (Lipinski definition) is 7. The Morgan fingerprint density at radius 3 is 1.90 bits per heavy atom. The van der Waals surface area contributed by atoms with Gasteiger partial charge in [-0.3, -0.25) is 4.99 Å². The van der Waals surface area contributed by atoms with E-state index in [2.05, 4.69) is 4.99 Å². The monoisotopic (exact) mass is 431 g/mol. The van der Waals surface area contributed by atoms with E-state index in [9.17, 15) is 18.8 Å². The van der Waals surface area contributed by atoms with Crippen LogP contribution in [-0.2, 0) is 19.0 Å². The molecule has 0 saturated heterocycles. The van der Waals surface area contributed by atoms with Crippen molar-refractivity contribution in [2.75, 3.05) is 13.7 Å². The molecule has 10 heteroatoms. The summed E-state index contributed by atoms with van der Waals surface area (Å²) in [6.45, 7) is 11.0. The van der Waals surface area contributed by atoms with Crippen molar-refractivity contribution in [2.24, 2.45) is 10.7 Å². The molecule has 0 aromatic rings. The average molecular weight is 432 g/mol. The molecule has 172 valence electrons. The van der Waals surface area contributed by atoms with Gasteiger partial charge in [0.2, 0.25) is 0 Å². The molecule has 0 rings (SSSR count). The predicted octanol–water partition coefficient (Wildman–Crippen LogP) is 3.71. The predicted molar refractivity (Wildman–Crippen MR) is 111 cm³/mol. The van der Waals surface area contributed by atoms with E-state index in [0.29, 0.717) is 4.90 Å². The summed E-state index contributed by atoms with van der Waals surface area (Å²) >= 11 is 0. The molecule has 0 spiro atoms. The molecule has 0 fully saturated rings. The number of amidine groups is 1. The molecule has 0 aromatic carbocycles. The number of nitrogens with two attached hydrogens (primary N) is 1. The van der Waals surface area contributed by atoms with Gasteiger partial charge in [0.15, 0.2) is 0 Å². The number of allylic oxidation sites excluding steroid dienone is 1. The second-order valence-electron chi connectivity index (χ2n) is 8.56. The van der Waals surface area contributed by atoms with E-state index < -0.39 is 41.2 Å². The van der Waals surface area contributed by atoms with Gasteiger partial charge in [-0.2, -0.15) is 4.90 Å². The van der Waals surface area contributed by atoms with Crippen LogP contribution < -0.4 is 5.73 Å². The number of amides is 2. The van der Waals surface area contributed by atoms with Crippen molar-refractivity contribution < 1.29 is 33.0 Å². The molecule has 0 aromatic heterocycles. The molecule has 0 aliphatic rings. The quantitative estimate of drug-likeness (QED) is 0.282. The Morgan fingerprint density at radius 2 is 1.53 bits per heavy atom. The van der Waals surface area contributed by atoms with E-state index in [1.54, 1.807) is 41.5 Å². The Hall–Kier alpha value is -2.65. The first kappa shape index (κ1) is 27.4. The molecule has 2 N–H and O–H groups in total. The van der Waals surface area contributed by atoms with E-state index >= 15 is 0 Å². The number of ether oxygens (including phenoxy) is 3. The third-order valence-corrected chi connectivity index (χ3v) is 3.25. The molecule has 0 saturated carbocycles.